The van der Waals surface area contributed by atoms with E-state index in [0.29, 0.717) is 0 Å². The Morgan fingerprint density at radius 2 is 1.17 bits per heavy atom. The molecule has 0 heterocycles. The summed E-state index contributed by atoms with van der Waals surface area (Å²) in [5.41, 5.74) is 0. The van der Waals surface area contributed by atoms with Gasteiger partial charge in [-0.1, -0.05) is 58.8 Å². The predicted octanol–water partition coefficient (Wildman–Crippen LogP) is 7.08. The first-order chi connectivity index (χ1) is 11.3. The molecule has 0 aromatic rings. The molecule has 0 aromatic heterocycles. The van der Waals surface area contributed by atoms with Crippen molar-refractivity contribution >= 4 is 0 Å². The van der Waals surface area contributed by atoms with Crippen LogP contribution >= 0.6 is 0 Å². The van der Waals surface area contributed by atoms with Crippen LogP contribution in [0.4, 0.5) is 0 Å². The molecule has 0 aromatic carbocycles. The molecule has 7 atom stereocenters. The zero-order valence-corrected chi connectivity index (χ0v) is 15.8. The molecule has 4 rings (SSSR count). The van der Waals surface area contributed by atoms with Gasteiger partial charge in [0.1, 0.15) is 0 Å². The fourth-order valence-corrected chi connectivity index (χ4v) is 8.37. The van der Waals surface area contributed by atoms with E-state index < -0.39 is 0 Å². The van der Waals surface area contributed by atoms with Gasteiger partial charge in [0, 0.05) is 0 Å². The van der Waals surface area contributed by atoms with Gasteiger partial charge < -0.3 is 0 Å². The van der Waals surface area contributed by atoms with Gasteiger partial charge in [-0.05, 0) is 85.9 Å². The van der Waals surface area contributed by atoms with Gasteiger partial charge in [0.05, 0.1) is 0 Å². The van der Waals surface area contributed by atoms with Crippen molar-refractivity contribution in [1.82, 2.24) is 0 Å². The van der Waals surface area contributed by atoms with Crippen molar-refractivity contribution in [2.45, 2.75) is 97.3 Å². The molecule has 4 fully saturated rings. The lowest BCUT2D eigenvalue weighted by atomic mass is 9.56. The van der Waals surface area contributed by atoms with Crippen molar-refractivity contribution in [1.29, 1.82) is 0 Å². The van der Waals surface area contributed by atoms with Crippen molar-refractivity contribution in [3.05, 3.63) is 0 Å². The van der Waals surface area contributed by atoms with Crippen molar-refractivity contribution in [3.63, 3.8) is 0 Å². The van der Waals surface area contributed by atoms with E-state index in [1.807, 2.05) is 0 Å². The second kappa shape index (κ2) is 7.09. The Morgan fingerprint density at radius 3 is 1.83 bits per heavy atom. The highest BCUT2D eigenvalue weighted by Crippen LogP contribution is 2.64. The number of rotatable bonds is 5. The highest BCUT2D eigenvalue weighted by molar-refractivity contribution is 5.06. The summed E-state index contributed by atoms with van der Waals surface area (Å²) in [6.07, 6.45) is 20.2. The second-order valence-electron chi connectivity index (χ2n) is 9.69. The quantitative estimate of drug-likeness (QED) is 0.508. The highest BCUT2D eigenvalue weighted by atomic mass is 14.6. The minimum absolute atomic E-state index is 1.07. The van der Waals surface area contributed by atoms with E-state index >= 15 is 0 Å². The minimum atomic E-state index is 1.07. The number of hydrogen-bond donors (Lipinski definition) is 0. The van der Waals surface area contributed by atoms with Crippen LogP contribution in [0.15, 0.2) is 0 Å². The molecule has 0 amide bonds. The molecule has 0 nitrogen and oxygen atoms in total. The molecule has 132 valence electrons. The van der Waals surface area contributed by atoms with E-state index in [1.165, 1.54) is 31.6 Å². The molecule has 0 heteroatoms. The van der Waals surface area contributed by atoms with Crippen LogP contribution in [0.2, 0.25) is 0 Å². The van der Waals surface area contributed by atoms with Crippen LogP contribution in [0.1, 0.15) is 97.3 Å². The van der Waals surface area contributed by atoms with Gasteiger partial charge in [-0.3, -0.25) is 0 Å². The largest absolute Gasteiger partial charge is 0.0654 e. The van der Waals surface area contributed by atoms with Crippen LogP contribution < -0.4 is 0 Å². The summed E-state index contributed by atoms with van der Waals surface area (Å²) in [5, 5.41) is 0. The van der Waals surface area contributed by atoms with E-state index in [9.17, 15) is 0 Å². The zero-order valence-electron chi connectivity index (χ0n) is 15.8. The number of fused-ring (bicyclic) bond motifs is 3. The molecule has 0 saturated heterocycles. The molecule has 7 unspecified atom stereocenters. The summed E-state index contributed by atoms with van der Waals surface area (Å²) >= 11 is 0. The van der Waals surface area contributed by atoms with Crippen molar-refractivity contribution in [2.24, 2.45) is 47.3 Å². The maximum absolute atomic E-state index is 2.42. The van der Waals surface area contributed by atoms with Crippen LogP contribution in [-0.4, -0.2) is 0 Å². The first-order valence-corrected chi connectivity index (χ1v) is 11.3. The van der Waals surface area contributed by atoms with E-state index in [-0.39, 0.29) is 0 Å². The maximum atomic E-state index is 2.42. The lowest BCUT2D eigenvalue weighted by molar-refractivity contribution is 0.00249. The van der Waals surface area contributed by atoms with Gasteiger partial charge in [0.15, 0.2) is 0 Å². The zero-order chi connectivity index (χ0) is 15.8. The van der Waals surface area contributed by atoms with Gasteiger partial charge in [0.25, 0.3) is 0 Å². The molecule has 0 N–H and O–H groups in total. The van der Waals surface area contributed by atoms with Gasteiger partial charge in [-0.15, -0.1) is 0 Å². The monoisotopic (exact) mass is 316 g/mol. The Bertz CT molecular complexity index is 365. The fraction of sp³-hybridized carbons (Fsp3) is 1.00. The number of hydrogen-bond acceptors (Lipinski definition) is 0. The summed E-state index contributed by atoms with van der Waals surface area (Å²) in [6.45, 7) is 4.84. The van der Waals surface area contributed by atoms with Crippen LogP contribution in [0.3, 0.4) is 0 Å². The third-order valence-corrected chi connectivity index (χ3v) is 8.84. The topological polar surface area (TPSA) is 0 Å². The molecular formula is C23H40. The van der Waals surface area contributed by atoms with Gasteiger partial charge in [-0.2, -0.15) is 0 Å². The molecule has 4 saturated carbocycles. The molecule has 0 spiro atoms. The van der Waals surface area contributed by atoms with Crippen molar-refractivity contribution in [2.75, 3.05) is 0 Å². The first kappa shape index (κ1) is 16.5. The normalized spacial score (nSPS) is 45.8. The maximum Gasteiger partial charge on any atom is -0.0321 e. The first-order valence-electron chi connectivity index (χ1n) is 11.3. The lowest BCUT2D eigenvalue weighted by Crippen LogP contribution is -2.41. The molecule has 0 bridgehead atoms. The summed E-state index contributed by atoms with van der Waals surface area (Å²) in [7, 11) is 0. The van der Waals surface area contributed by atoms with Crippen molar-refractivity contribution < 1.29 is 0 Å². The van der Waals surface area contributed by atoms with Crippen LogP contribution in [0.5, 0.6) is 0 Å². The van der Waals surface area contributed by atoms with E-state index in [1.54, 1.807) is 57.8 Å². The van der Waals surface area contributed by atoms with Crippen LogP contribution in [0.25, 0.3) is 0 Å². The standard InChI is InChI=1S/C23H40/c1-3-8-16(9-4-2)17-14-15-22-19-11-6-5-10-18(19)21-13-7-12-20(17)23(21)22/h16-23H,3-15H2,1-2H3. The Hall–Kier alpha value is 0. The van der Waals surface area contributed by atoms with Crippen molar-refractivity contribution in [3.8, 4) is 0 Å². The molecule has 23 heavy (non-hydrogen) atoms. The average molecular weight is 317 g/mol. The second-order valence-corrected chi connectivity index (χ2v) is 9.69. The van der Waals surface area contributed by atoms with Crippen LogP contribution in [0, 0.1) is 47.3 Å². The smallest absolute Gasteiger partial charge is 0.0321 e. The summed E-state index contributed by atoms with van der Waals surface area (Å²) in [5.74, 6) is 9.14. The molecule has 4 aliphatic rings. The van der Waals surface area contributed by atoms with E-state index in [2.05, 4.69) is 13.8 Å². The Morgan fingerprint density at radius 1 is 0.609 bits per heavy atom. The van der Waals surface area contributed by atoms with Gasteiger partial charge in [0.2, 0.25) is 0 Å². The Kier molecular flexibility index (Phi) is 5.07. The lowest BCUT2D eigenvalue weighted by Gasteiger charge is -2.49. The third-order valence-electron chi connectivity index (χ3n) is 8.84. The van der Waals surface area contributed by atoms with E-state index in [4.69, 9.17) is 0 Å². The molecule has 0 aliphatic heterocycles. The summed E-state index contributed by atoms with van der Waals surface area (Å²) in [4.78, 5) is 0. The fourth-order valence-electron chi connectivity index (χ4n) is 8.37. The Balaban J connectivity index is 1.56. The SMILES string of the molecule is CCCC(CCC)C1CCC2C3CCCCC3C3CCCC1C32. The third kappa shape index (κ3) is 2.81. The average Bonchev–Trinajstić information content (AvgIpc) is 2.92. The van der Waals surface area contributed by atoms with Gasteiger partial charge in [-0.25, -0.2) is 0 Å². The molecule has 4 aliphatic carbocycles. The highest BCUT2D eigenvalue weighted by Gasteiger charge is 2.57. The summed E-state index contributed by atoms with van der Waals surface area (Å²) in [6, 6.07) is 0. The molecule has 0 radical (unpaired) electrons. The summed E-state index contributed by atoms with van der Waals surface area (Å²) < 4.78 is 0. The Labute approximate surface area is 145 Å². The van der Waals surface area contributed by atoms with Gasteiger partial charge >= 0.3 is 0 Å². The predicted molar refractivity (Wildman–Crippen MR) is 99.3 cm³/mol. The minimum Gasteiger partial charge on any atom is -0.0654 e. The van der Waals surface area contributed by atoms with E-state index in [0.717, 1.165) is 41.4 Å². The molecular weight excluding hydrogens is 276 g/mol. The van der Waals surface area contributed by atoms with Crippen LogP contribution in [-0.2, 0) is 0 Å².